The lowest BCUT2D eigenvalue weighted by Crippen LogP contribution is -3.00. The molecule has 1 fully saturated rings. The molecule has 0 bridgehead atoms. The molecule has 2 amide bonds. The molecule has 7 heteroatoms. The van der Waals surface area contributed by atoms with Gasteiger partial charge in [-0.2, -0.15) is 9.84 Å². The number of benzene rings is 1. The molecular weight excluding hydrogens is 311 g/mol. The van der Waals surface area contributed by atoms with E-state index in [1.807, 2.05) is 0 Å². The van der Waals surface area contributed by atoms with Crippen LogP contribution < -0.4 is 18.1 Å². The number of nitriles is 1. The van der Waals surface area contributed by atoms with Gasteiger partial charge in [0.15, 0.2) is 12.1 Å². The van der Waals surface area contributed by atoms with Crippen molar-refractivity contribution in [1.29, 1.82) is 5.26 Å². The minimum absolute atomic E-state index is 0. The Balaban J connectivity index is 0.00000161. The van der Waals surface area contributed by atoms with Crippen LogP contribution in [0.2, 0.25) is 5.02 Å². The molecule has 2 heterocycles. The lowest BCUT2D eigenvalue weighted by Gasteiger charge is -2.27. The number of amides is 2. The average molecular weight is 325 g/mol. The summed E-state index contributed by atoms with van der Waals surface area (Å²) in [4.78, 5) is 14.2. The van der Waals surface area contributed by atoms with E-state index in [0.717, 1.165) is 12.8 Å². The molecule has 5 nitrogen and oxygen atoms in total. The first-order chi connectivity index (χ1) is 9.65. The first-order valence-corrected chi connectivity index (χ1v) is 6.92. The number of hydrogen-bond acceptors (Lipinski definition) is 3. The molecule has 2 aliphatic heterocycles. The normalized spacial score (nSPS) is 24.4. The predicted molar refractivity (Wildman–Crippen MR) is 74.8 cm³/mol. The quantitative estimate of drug-likeness (QED) is 0.689. The van der Waals surface area contributed by atoms with Crippen LogP contribution in [0, 0.1) is 11.3 Å². The molecule has 2 aliphatic rings. The van der Waals surface area contributed by atoms with Crippen LogP contribution in [-0.4, -0.2) is 33.4 Å². The first-order valence-electron chi connectivity index (χ1n) is 6.54. The van der Waals surface area contributed by atoms with Crippen molar-refractivity contribution in [3.63, 3.8) is 0 Å². The number of fused-ring (bicyclic) bond motifs is 1. The van der Waals surface area contributed by atoms with Gasteiger partial charge in [0.25, 0.3) is 0 Å². The average Bonchev–Trinajstić information content (AvgIpc) is 2.72. The molecule has 0 saturated carbocycles. The van der Waals surface area contributed by atoms with Gasteiger partial charge in [0.1, 0.15) is 11.8 Å². The molecule has 2 atom stereocenters. The Hall–Kier alpha value is -1.77. The van der Waals surface area contributed by atoms with Crippen LogP contribution in [-0.2, 0) is 0 Å². The summed E-state index contributed by atoms with van der Waals surface area (Å²) in [6.45, 7) is 0. The second kappa shape index (κ2) is 5.92. The summed E-state index contributed by atoms with van der Waals surface area (Å²) in [5.41, 5.74) is 6.73. The highest BCUT2D eigenvalue weighted by molar-refractivity contribution is 6.32. The third kappa shape index (κ3) is 2.35. The Morgan fingerprint density at radius 2 is 2.10 bits per heavy atom. The van der Waals surface area contributed by atoms with Gasteiger partial charge in [-0.3, -0.25) is 0 Å². The summed E-state index contributed by atoms with van der Waals surface area (Å²) in [5, 5.41) is 9.68. The van der Waals surface area contributed by atoms with Crippen molar-refractivity contribution in [3.05, 3.63) is 29.3 Å². The molecule has 1 aromatic carbocycles. The number of nitrogens with two attached hydrogens (primary N) is 1. The summed E-state index contributed by atoms with van der Waals surface area (Å²) in [6.07, 6.45) is 2.38. The number of carbonyl (C=O) groups excluding carboxylic acids is 1. The number of para-hydroxylation sites is 1. The van der Waals surface area contributed by atoms with Crippen LogP contribution in [0.4, 0.5) is 10.5 Å². The van der Waals surface area contributed by atoms with Crippen molar-refractivity contribution < 1.29 is 21.8 Å². The Morgan fingerprint density at radius 3 is 2.76 bits per heavy atom. The zero-order valence-electron chi connectivity index (χ0n) is 11.2. The van der Waals surface area contributed by atoms with Gasteiger partial charge in [-0.05, 0) is 31.4 Å². The van der Waals surface area contributed by atoms with E-state index in [0.29, 0.717) is 23.0 Å². The summed E-state index contributed by atoms with van der Waals surface area (Å²) in [6, 6.07) is 8.41. The molecule has 0 spiro atoms. The minimum atomic E-state index is -0.410. The zero-order chi connectivity index (χ0) is 14.3. The van der Waals surface area contributed by atoms with E-state index in [-0.39, 0.29) is 24.5 Å². The van der Waals surface area contributed by atoms with E-state index in [9.17, 15) is 10.1 Å². The van der Waals surface area contributed by atoms with E-state index in [1.165, 1.54) is 4.58 Å². The van der Waals surface area contributed by atoms with Gasteiger partial charge in [0, 0.05) is 0 Å². The fourth-order valence-electron chi connectivity index (χ4n) is 2.93. The van der Waals surface area contributed by atoms with Crippen molar-refractivity contribution in [3.8, 4) is 6.07 Å². The maximum absolute atomic E-state index is 12.6. The zero-order valence-corrected chi connectivity index (χ0v) is 12.7. The molecule has 2 unspecified atom stereocenters. The monoisotopic (exact) mass is 324 g/mol. The Morgan fingerprint density at radius 1 is 1.38 bits per heavy atom. The van der Waals surface area contributed by atoms with Crippen LogP contribution in [0.25, 0.3) is 0 Å². The number of piperidine rings is 1. The maximum Gasteiger partial charge on any atom is 0.445 e. The summed E-state index contributed by atoms with van der Waals surface area (Å²) in [7, 11) is 0. The van der Waals surface area contributed by atoms with Gasteiger partial charge < -0.3 is 18.1 Å². The predicted octanol–water partition coefficient (Wildman–Crippen LogP) is -0.775. The lowest BCUT2D eigenvalue weighted by molar-refractivity contribution is -0.333. The van der Waals surface area contributed by atoms with E-state index >= 15 is 0 Å². The van der Waals surface area contributed by atoms with E-state index in [1.54, 1.807) is 29.2 Å². The smallest absolute Gasteiger partial charge is 0.445 e. The Bertz CT molecular complexity index is 653. The maximum atomic E-state index is 12.6. The van der Waals surface area contributed by atoms with Gasteiger partial charge in [0.05, 0.1) is 5.02 Å². The fourth-order valence-corrected chi connectivity index (χ4v) is 3.15. The highest BCUT2D eigenvalue weighted by atomic mass is 35.5. The van der Waals surface area contributed by atoms with Crippen LogP contribution in [0.1, 0.15) is 19.3 Å². The lowest BCUT2D eigenvalue weighted by atomic mass is 9.97. The van der Waals surface area contributed by atoms with Gasteiger partial charge >= 0.3 is 6.03 Å². The van der Waals surface area contributed by atoms with E-state index < -0.39 is 6.04 Å². The number of amidine groups is 1. The van der Waals surface area contributed by atoms with Gasteiger partial charge in [-0.25, -0.2) is 9.69 Å². The second-order valence-electron chi connectivity index (χ2n) is 4.99. The molecule has 2 N–H and O–H groups in total. The largest absolute Gasteiger partial charge is 1.00 e. The summed E-state index contributed by atoms with van der Waals surface area (Å²) in [5.74, 6) is 0.461. The standard InChI is InChI=1S/C14H13ClN4O.ClH/c15-10-5-1-2-6-11(10)19-13(17)12-7-3-4-9(8-16)18(12)14(19)20;/h1-2,5-6,9,12,17H,3-4,7H2;1H. The van der Waals surface area contributed by atoms with E-state index in [4.69, 9.17) is 17.3 Å². The second-order valence-corrected chi connectivity index (χ2v) is 5.40. The molecule has 21 heavy (non-hydrogen) atoms. The number of hydrogen-bond donors (Lipinski definition) is 1. The van der Waals surface area contributed by atoms with Crippen LogP contribution >= 0.6 is 11.6 Å². The van der Waals surface area contributed by atoms with Crippen LogP contribution in [0.3, 0.4) is 0 Å². The summed E-state index contributed by atoms with van der Waals surface area (Å²) < 4.78 is 1.43. The van der Waals surface area contributed by atoms with E-state index in [2.05, 4.69) is 6.07 Å². The van der Waals surface area contributed by atoms with Gasteiger partial charge in [-0.1, -0.05) is 23.7 Å². The number of urea groups is 1. The Labute approximate surface area is 134 Å². The first kappa shape index (κ1) is 15.6. The molecule has 0 aliphatic carbocycles. The van der Waals surface area contributed by atoms with Crippen molar-refractivity contribution in [2.24, 2.45) is 5.73 Å². The third-order valence-electron chi connectivity index (χ3n) is 3.88. The van der Waals surface area contributed by atoms with Crippen LogP contribution in [0.5, 0.6) is 0 Å². The third-order valence-corrected chi connectivity index (χ3v) is 4.20. The van der Waals surface area contributed by atoms with Crippen LogP contribution in [0.15, 0.2) is 24.3 Å². The number of carbonyl (C=O) groups is 1. The Kier molecular flexibility index (Phi) is 4.40. The molecule has 1 saturated heterocycles. The van der Waals surface area contributed by atoms with Crippen molar-refractivity contribution >= 4 is 29.2 Å². The number of rotatable bonds is 1. The molecule has 0 radical (unpaired) electrons. The minimum Gasteiger partial charge on any atom is -1.00 e. The van der Waals surface area contributed by atoms with Gasteiger partial charge in [0.2, 0.25) is 5.84 Å². The molecule has 3 rings (SSSR count). The highest BCUT2D eigenvalue weighted by Crippen LogP contribution is 2.33. The summed E-state index contributed by atoms with van der Waals surface area (Å²) >= 11 is 6.16. The number of nitrogens with zero attached hydrogens (tertiary/aromatic N) is 3. The fraction of sp³-hybridized carbons (Fsp3) is 0.357. The molecule has 1 aromatic rings. The molecule has 110 valence electrons. The molecule has 0 aromatic heterocycles. The SMILES string of the molecule is N#CC1CCCC2C(N)=[N+](c3ccccc3Cl)C(=O)N12.[Cl-]. The topological polar surface area (TPSA) is 73.1 Å². The highest BCUT2D eigenvalue weighted by Gasteiger charge is 2.51. The van der Waals surface area contributed by atoms with Crippen molar-refractivity contribution in [2.75, 3.05) is 0 Å². The van der Waals surface area contributed by atoms with Crippen molar-refractivity contribution in [2.45, 2.75) is 31.3 Å². The number of halogens is 2. The molecular formula is C14H14Cl2N4O. The van der Waals surface area contributed by atoms with Crippen molar-refractivity contribution in [1.82, 2.24) is 4.90 Å². The van der Waals surface area contributed by atoms with Gasteiger partial charge in [-0.15, -0.1) is 0 Å².